The van der Waals surface area contributed by atoms with Gasteiger partial charge in [0, 0.05) is 16.6 Å². The Labute approximate surface area is 197 Å². The molecule has 0 fully saturated rings. The van der Waals surface area contributed by atoms with Crippen molar-refractivity contribution < 1.29 is 0 Å². The van der Waals surface area contributed by atoms with Gasteiger partial charge in [-0.3, -0.25) is 0 Å². The van der Waals surface area contributed by atoms with Crippen molar-refractivity contribution in [3.63, 3.8) is 0 Å². The second-order valence-corrected chi connectivity index (χ2v) is 8.44. The van der Waals surface area contributed by atoms with Gasteiger partial charge in [-0.2, -0.15) is 0 Å². The second kappa shape index (κ2) is 15.3. The molecule has 0 unspecified atom stereocenters. The van der Waals surface area contributed by atoms with Crippen molar-refractivity contribution in [1.29, 1.82) is 0 Å². The monoisotopic (exact) mass is 431 g/mol. The van der Waals surface area contributed by atoms with E-state index in [1.165, 1.54) is 54.3 Å². The molecule has 1 nitrogen and oxygen atoms in total. The smallest absolute Gasteiger partial charge is 0.0459 e. The fourth-order valence-corrected chi connectivity index (χ4v) is 4.03. The number of fused-ring (bicyclic) bond motifs is 2. The molecule has 0 bridgehead atoms. The van der Waals surface area contributed by atoms with Gasteiger partial charge in [-0.15, -0.1) is 0 Å². The Balaban J connectivity index is 0.000000256. The van der Waals surface area contributed by atoms with Gasteiger partial charge in [0.25, 0.3) is 0 Å². The zero-order chi connectivity index (χ0) is 23.9. The number of aromatic amines is 1. The van der Waals surface area contributed by atoms with Crippen molar-refractivity contribution in [2.45, 2.75) is 86.5 Å². The van der Waals surface area contributed by atoms with Crippen LogP contribution in [0.4, 0.5) is 0 Å². The van der Waals surface area contributed by atoms with Gasteiger partial charge in [0.1, 0.15) is 0 Å². The number of H-pyrrole nitrogens is 1. The van der Waals surface area contributed by atoms with Gasteiger partial charge in [-0.05, 0) is 68.2 Å². The molecule has 0 saturated carbocycles. The Kier molecular flexibility index (Phi) is 13.1. The van der Waals surface area contributed by atoms with Crippen LogP contribution in [0.1, 0.15) is 89.6 Å². The molecule has 3 aromatic rings. The first kappa shape index (κ1) is 27.5. The van der Waals surface area contributed by atoms with Gasteiger partial charge in [-0.1, -0.05) is 108 Å². The molecule has 0 spiro atoms. The number of rotatable bonds is 4. The number of para-hydroxylation sites is 1. The second-order valence-electron chi connectivity index (χ2n) is 8.44. The van der Waals surface area contributed by atoms with Crippen molar-refractivity contribution in [2.24, 2.45) is 0 Å². The van der Waals surface area contributed by atoms with Crippen molar-refractivity contribution in [3.05, 3.63) is 95.2 Å². The molecule has 0 aliphatic heterocycles. The fourth-order valence-electron chi connectivity index (χ4n) is 4.03. The summed E-state index contributed by atoms with van der Waals surface area (Å²) >= 11 is 0. The topological polar surface area (TPSA) is 15.8 Å². The van der Waals surface area contributed by atoms with Crippen LogP contribution >= 0.6 is 0 Å². The van der Waals surface area contributed by atoms with E-state index in [1.807, 2.05) is 39.8 Å². The van der Waals surface area contributed by atoms with Crippen LogP contribution in [0.5, 0.6) is 0 Å². The van der Waals surface area contributed by atoms with Crippen LogP contribution in [-0.4, -0.2) is 4.98 Å². The van der Waals surface area contributed by atoms with Crippen LogP contribution in [0, 0.1) is 0 Å². The maximum absolute atomic E-state index is 3.66. The van der Waals surface area contributed by atoms with E-state index in [-0.39, 0.29) is 0 Å². The molecule has 1 heteroatoms. The zero-order valence-corrected chi connectivity index (χ0v) is 21.6. The minimum atomic E-state index is 0.582. The third-order valence-electron chi connectivity index (χ3n) is 5.39. The average molecular weight is 432 g/mol. The normalized spacial score (nSPS) is 11.8. The first-order chi connectivity index (χ1) is 15.5. The summed E-state index contributed by atoms with van der Waals surface area (Å²) in [5.74, 6) is 0.582. The molecule has 1 aliphatic rings. The van der Waals surface area contributed by atoms with Crippen molar-refractivity contribution >= 4 is 10.9 Å². The highest BCUT2D eigenvalue weighted by molar-refractivity contribution is 5.84. The number of aryl methyl sites for hydroxylation is 3. The minimum absolute atomic E-state index is 0.582. The van der Waals surface area contributed by atoms with Gasteiger partial charge in [0.15, 0.2) is 0 Å². The SMILES string of the molecule is C=C(C)/C=C/C.CC.CCCc1c(C(C)C)[nH]c2ccccc12.c1ccc2c(c1)CCC2. The Hall–Kier alpha value is -2.54. The van der Waals surface area contributed by atoms with Crippen LogP contribution in [0.2, 0.25) is 0 Å². The number of benzene rings is 2. The number of hydrogen-bond acceptors (Lipinski definition) is 0. The van der Waals surface area contributed by atoms with Crippen molar-refractivity contribution in [2.75, 3.05) is 0 Å². The lowest BCUT2D eigenvalue weighted by atomic mass is 10.00. The summed E-state index contributed by atoms with van der Waals surface area (Å²) in [6.45, 7) is 18.4. The summed E-state index contributed by atoms with van der Waals surface area (Å²) in [5.41, 5.74) is 8.46. The summed E-state index contributed by atoms with van der Waals surface area (Å²) in [5, 5.41) is 1.41. The fraction of sp³-hybridized carbons (Fsp3) is 0.419. The molecule has 174 valence electrons. The van der Waals surface area contributed by atoms with Gasteiger partial charge >= 0.3 is 0 Å². The predicted octanol–water partition coefficient (Wildman–Crippen LogP) is 9.58. The quantitative estimate of drug-likeness (QED) is 0.396. The molecule has 4 rings (SSSR count). The molecule has 0 atom stereocenters. The number of aromatic nitrogens is 1. The van der Waals surface area contributed by atoms with Crippen molar-refractivity contribution in [1.82, 2.24) is 4.98 Å². The summed E-state index contributed by atoms with van der Waals surface area (Å²) in [6, 6.07) is 17.3. The lowest BCUT2D eigenvalue weighted by molar-refractivity contribution is 0.802. The Morgan fingerprint density at radius 1 is 1.00 bits per heavy atom. The Morgan fingerprint density at radius 3 is 2.03 bits per heavy atom. The van der Waals surface area contributed by atoms with Crippen LogP contribution in [-0.2, 0) is 19.3 Å². The van der Waals surface area contributed by atoms with Gasteiger partial charge in [-0.25, -0.2) is 0 Å². The highest BCUT2D eigenvalue weighted by atomic mass is 14.7. The maximum atomic E-state index is 3.66. The molecule has 0 amide bonds. The highest BCUT2D eigenvalue weighted by Crippen LogP contribution is 2.28. The third kappa shape index (κ3) is 8.54. The third-order valence-corrected chi connectivity index (χ3v) is 5.39. The molecule has 1 heterocycles. The lowest BCUT2D eigenvalue weighted by Crippen LogP contribution is -1.93. The van der Waals surface area contributed by atoms with E-state index in [2.05, 4.69) is 80.9 Å². The Bertz CT molecular complexity index is 933. The van der Waals surface area contributed by atoms with E-state index in [4.69, 9.17) is 0 Å². The van der Waals surface area contributed by atoms with Crippen molar-refractivity contribution in [3.8, 4) is 0 Å². The van der Waals surface area contributed by atoms with E-state index < -0.39 is 0 Å². The van der Waals surface area contributed by atoms with E-state index in [0.29, 0.717) is 5.92 Å². The molecule has 1 aromatic heterocycles. The van der Waals surface area contributed by atoms with E-state index >= 15 is 0 Å². The van der Waals surface area contributed by atoms with Crippen LogP contribution in [0.15, 0.2) is 72.8 Å². The molecule has 2 aromatic carbocycles. The molecule has 1 N–H and O–H groups in total. The molecular weight excluding hydrogens is 386 g/mol. The summed E-state index contributed by atoms with van der Waals surface area (Å²) in [4.78, 5) is 3.55. The molecule has 1 aliphatic carbocycles. The predicted molar refractivity (Wildman–Crippen MR) is 146 cm³/mol. The average Bonchev–Trinajstić information content (AvgIpc) is 3.41. The summed E-state index contributed by atoms with van der Waals surface area (Å²) in [6.07, 6.45) is 10.3. The highest BCUT2D eigenvalue weighted by Gasteiger charge is 2.12. The zero-order valence-electron chi connectivity index (χ0n) is 21.6. The minimum Gasteiger partial charge on any atom is -0.358 e. The van der Waals surface area contributed by atoms with Crippen LogP contribution in [0.3, 0.4) is 0 Å². The number of nitrogens with one attached hydrogen (secondary N) is 1. The van der Waals surface area contributed by atoms with Gasteiger partial charge in [0.05, 0.1) is 0 Å². The van der Waals surface area contributed by atoms with Crippen LogP contribution in [0.25, 0.3) is 10.9 Å². The van der Waals surface area contributed by atoms with Crippen LogP contribution < -0.4 is 0 Å². The number of allylic oxidation sites excluding steroid dienone is 3. The summed E-state index contributed by atoms with van der Waals surface area (Å²) < 4.78 is 0. The first-order valence-corrected chi connectivity index (χ1v) is 12.4. The van der Waals surface area contributed by atoms with Gasteiger partial charge < -0.3 is 4.98 Å². The first-order valence-electron chi connectivity index (χ1n) is 12.4. The lowest BCUT2D eigenvalue weighted by Gasteiger charge is -2.06. The Morgan fingerprint density at radius 2 is 1.56 bits per heavy atom. The molecule has 32 heavy (non-hydrogen) atoms. The van der Waals surface area contributed by atoms with Gasteiger partial charge in [0.2, 0.25) is 0 Å². The molecular formula is C31H45N. The molecule has 0 saturated heterocycles. The molecule has 0 radical (unpaired) electrons. The standard InChI is InChI=1S/C14H19N.C9H10.C6H10.C2H6/c1-4-7-12-11-8-5-6-9-13(11)15-14(12)10(2)3;1-2-5-9-7-3-6-8(9)4-1;1-4-5-6(2)3;1-2/h5-6,8-10,15H,4,7H2,1-3H3;1-2,4-5H,3,6-7H2;4-5H,2H2,1,3H3;1-2H3/b;;5-4+;. The van der Waals surface area contributed by atoms with E-state index in [9.17, 15) is 0 Å². The largest absolute Gasteiger partial charge is 0.358 e. The van der Waals surface area contributed by atoms with E-state index in [0.717, 1.165) is 5.57 Å². The maximum Gasteiger partial charge on any atom is 0.0459 e. The number of hydrogen-bond donors (Lipinski definition) is 1. The summed E-state index contributed by atoms with van der Waals surface area (Å²) in [7, 11) is 0. The van der Waals surface area contributed by atoms with E-state index in [1.54, 1.807) is 11.1 Å².